The second-order valence-corrected chi connectivity index (χ2v) is 5.94. The number of nitrogens with one attached hydrogen (secondary N) is 1. The third kappa shape index (κ3) is 1.70. The van der Waals surface area contributed by atoms with Gasteiger partial charge in [-0.05, 0) is 37.5 Å². The molecule has 3 rings (SSSR count). The molecule has 1 aliphatic heterocycles. The lowest BCUT2D eigenvalue weighted by Crippen LogP contribution is -2.49. The monoisotopic (exact) mass is 250 g/mol. The van der Waals surface area contributed by atoms with E-state index in [-0.39, 0.29) is 0 Å². The van der Waals surface area contributed by atoms with Crippen molar-refractivity contribution >= 4 is 23.0 Å². The average molecular weight is 251 g/mol. The number of anilines is 2. The second kappa shape index (κ2) is 3.81. The van der Waals surface area contributed by atoms with Gasteiger partial charge in [-0.15, -0.1) is 0 Å². The maximum absolute atomic E-state index is 6.21. The van der Waals surface area contributed by atoms with Crippen LogP contribution in [0.25, 0.3) is 0 Å². The Balaban J connectivity index is 2.05. The number of likely N-dealkylation sites (N-methyl/N-ethyl adjacent to an activating group) is 1. The fraction of sp³-hybridized carbons (Fsp3) is 0.571. The Morgan fingerprint density at radius 1 is 1.29 bits per heavy atom. The van der Waals surface area contributed by atoms with Gasteiger partial charge >= 0.3 is 0 Å². The molecule has 0 bridgehead atoms. The number of hydrogen-bond acceptors (Lipinski definition) is 2. The molecule has 0 saturated heterocycles. The molecular weight excluding hydrogens is 232 g/mol. The van der Waals surface area contributed by atoms with Crippen LogP contribution in [0.1, 0.15) is 31.2 Å². The highest BCUT2D eigenvalue weighted by Crippen LogP contribution is 2.44. The summed E-state index contributed by atoms with van der Waals surface area (Å²) in [4.78, 5) is 2.37. The fourth-order valence-corrected chi connectivity index (χ4v) is 3.61. The average Bonchev–Trinajstić information content (AvgIpc) is 2.71. The van der Waals surface area contributed by atoms with E-state index in [1.54, 1.807) is 0 Å². The molecule has 0 radical (unpaired) electrons. The van der Waals surface area contributed by atoms with Crippen molar-refractivity contribution in [3.63, 3.8) is 0 Å². The standard InChI is InChI=1S/C14H19ClN2/c1-10-11(15)5-6-12-13(10)17(2)9-14(16-12)7-3-4-8-14/h5-6,16H,3-4,7-9H2,1-2H3. The SMILES string of the molecule is Cc1c(Cl)ccc2c1N(C)CC1(CCCC1)N2. The molecule has 1 heterocycles. The summed E-state index contributed by atoms with van der Waals surface area (Å²) in [6.07, 6.45) is 5.28. The second-order valence-electron chi connectivity index (χ2n) is 5.54. The van der Waals surface area contributed by atoms with Gasteiger partial charge in [0, 0.05) is 18.6 Å². The number of fused-ring (bicyclic) bond motifs is 1. The molecule has 1 spiro atoms. The first-order valence-electron chi connectivity index (χ1n) is 6.40. The molecule has 1 aliphatic carbocycles. The Morgan fingerprint density at radius 2 is 2.00 bits per heavy atom. The number of halogens is 1. The summed E-state index contributed by atoms with van der Waals surface area (Å²) in [5.41, 5.74) is 4.02. The van der Waals surface area contributed by atoms with Crippen molar-refractivity contribution in [1.82, 2.24) is 0 Å². The van der Waals surface area contributed by atoms with Crippen molar-refractivity contribution < 1.29 is 0 Å². The van der Waals surface area contributed by atoms with Gasteiger partial charge in [0.1, 0.15) is 0 Å². The van der Waals surface area contributed by atoms with Crippen molar-refractivity contribution in [2.24, 2.45) is 0 Å². The normalized spacial score (nSPS) is 21.5. The van der Waals surface area contributed by atoms with Gasteiger partial charge in [-0.25, -0.2) is 0 Å². The summed E-state index contributed by atoms with van der Waals surface area (Å²) >= 11 is 6.21. The maximum Gasteiger partial charge on any atom is 0.0645 e. The first-order valence-corrected chi connectivity index (χ1v) is 6.78. The summed E-state index contributed by atoms with van der Waals surface area (Å²) in [7, 11) is 2.18. The van der Waals surface area contributed by atoms with E-state index in [4.69, 9.17) is 11.6 Å². The molecule has 1 N–H and O–H groups in total. The van der Waals surface area contributed by atoms with Gasteiger partial charge in [0.15, 0.2) is 0 Å². The number of hydrogen-bond donors (Lipinski definition) is 1. The van der Waals surface area contributed by atoms with E-state index in [0.717, 1.165) is 11.6 Å². The van der Waals surface area contributed by atoms with Crippen molar-refractivity contribution in [3.8, 4) is 0 Å². The molecule has 0 atom stereocenters. The van der Waals surface area contributed by atoms with Gasteiger partial charge in [0.2, 0.25) is 0 Å². The van der Waals surface area contributed by atoms with Gasteiger partial charge in [-0.1, -0.05) is 24.4 Å². The van der Waals surface area contributed by atoms with E-state index in [2.05, 4.69) is 30.3 Å². The molecular formula is C14H19ClN2. The Morgan fingerprint density at radius 3 is 2.71 bits per heavy atom. The zero-order chi connectivity index (χ0) is 12.0. The van der Waals surface area contributed by atoms with E-state index in [9.17, 15) is 0 Å². The largest absolute Gasteiger partial charge is 0.376 e. The zero-order valence-electron chi connectivity index (χ0n) is 10.5. The molecule has 1 aromatic rings. The summed E-state index contributed by atoms with van der Waals surface area (Å²) in [6, 6.07) is 4.13. The smallest absolute Gasteiger partial charge is 0.0645 e. The molecule has 1 saturated carbocycles. The Labute approximate surface area is 108 Å². The third-order valence-corrected chi connectivity index (χ3v) is 4.66. The van der Waals surface area contributed by atoms with E-state index in [0.29, 0.717) is 5.54 Å². The minimum Gasteiger partial charge on any atom is -0.376 e. The number of rotatable bonds is 0. The first kappa shape index (κ1) is 11.2. The Kier molecular flexibility index (Phi) is 2.51. The van der Waals surface area contributed by atoms with E-state index >= 15 is 0 Å². The van der Waals surface area contributed by atoms with Crippen LogP contribution in [-0.4, -0.2) is 19.1 Å². The van der Waals surface area contributed by atoms with Gasteiger partial charge in [0.05, 0.1) is 16.9 Å². The molecule has 2 aliphatic rings. The molecule has 0 aromatic heterocycles. The summed E-state index contributed by atoms with van der Waals surface area (Å²) in [6.45, 7) is 3.20. The van der Waals surface area contributed by atoms with Crippen LogP contribution in [0.3, 0.4) is 0 Å². The van der Waals surface area contributed by atoms with Crippen molar-refractivity contribution in [3.05, 3.63) is 22.7 Å². The van der Waals surface area contributed by atoms with Crippen LogP contribution in [-0.2, 0) is 0 Å². The highest BCUT2D eigenvalue weighted by atomic mass is 35.5. The Hall–Kier alpha value is -0.890. The minimum absolute atomic E-state index is 0.308. The van der Waals surface area contributed by atoms with E-state index in [1.165, 1.54) is 42.6 Å². The lowest BCUT2D eigenvalue weighted by atomic mass is 9.92. The number of nitrogens with zero attached hydrogens (tertiary/aromatic N) is 1. The summed E-state index contributed by atoms with van der Waals surface area (Å²) in [5, 5.41) is 4.63. The van der Waals surface area contributed by atoms with Crippen LogP contribution in [0, 0.1) is 6.92 Å². The zero-order valence-corrected chi connectivity index (χ0v) is 11.3. The van der Waals surface area contributed by atoms with Crippen LogP contribution in [0.5, 0.6) is 0 Å². The van der Waals surface area contributed by atoms with Crippen LogP contribution in [0.15, 0.2) is 12.1 Å². The van der Waals surface area contributed by atoms with E-state index < -0.39 is 0 Å². The number of benzene rings is 1. The fourth-order valence-electron chi connectivity index (χ4n) is 3.46. The van der Waals surface area contributed by atoms with Crippen LogP contribution >= 0.6 is 11.6 Å². The van der Waals surface area contributed by atoms with Gasteiger partial charge < -0.3 is 10.2 Å². The van der Waals surface area contributed by atoms with Crippen molar-refractivity contribution in [2.75, 3.05) is 23.8 Å². The van der Waals surface area contributed by atoms with Crippen molar-refractivity contribution in [2.45, 2.75) is 38.1 Å². The lowest BCUT2D eigenvalue weighted by molar-refractivity contribution is 0.472. The quantitative estimate of drug-likeness (QED) is 0.753. The summed E-state index contributed by atoms with van der Waals surface area (Å²) in [5.74, 6) is 0. The lowest BCUT2D eigenvalue weighted by Gasteiger charge is -2.43. The maximum atomic E-state index is 6.21. The molecule has 17 heavy (non-hydrogen) atoms. The van der Waals surface area contributed by atoms with Crippen LogP contribution < -0.4 is 10.2 Å². The van der Waals surface area contributed by atoms with E-state index in [1.807, 2.05) is 6.07 Å². The highest BCUT2D eigenvalue weighted by molar-refractivity contribution is 6.32. The van der Waals surface area contributed by atoms with Crippen LogP contribution in [0.4, 0.5) is 11.4 Å². The van der Waals surface area contributed by atoms with Gasteiger partial charge in [0.25, 0.3) is 0 Å². The first-order chi connectivity index (χ1) is 8.11. The molecule has 92 valence electrons. The van der Waals surface area contributed by atoms with Crippen LogP contribution in [0.2, 0.25) is 5.02 Å². The summed E-state index contributed by atoms with van der Waals surface area (Å²) < 4.78 is 0. The Bertz CT molecular complexity index is 450. The topological polar surface area (TPSA) is 15.3 Å². The third-order valence-electron chi connectivity index (χ3n) is 4.25. The molecule has 3 heteroatoms. The minimum atomic E-state index is 0.308. The predicted molar refractivity (Wildman–Crippen MR) is 74.3 cm³/mol. The highest BCUT2D eigenvalue weighted by Gasteiger charge is 2.39. The molecule has 0 unspecified atom stereocenters. The van der Waals surface area contributed by atoms with Gasteiger partial charge in [-0.2, -0.15) is 0 Å². The predicted octanol–water partition coefficient (Wildman–Crippen LogP) is 3.82. The molecule has 2 nitrogen and oxygen atoms in total. The molecule has 1 aromatic carbocycles. The molecule has 0 amide bonds. The van der Waals surface area contributed by atoms with Crippen molar-refractivity contribution in [1.29, 1.82) is 0 Å². The molecule has 1 fully saturated rings. The van der Waals surface area contributed by atoms with Gasteiger partial charge in [-0.3, -0.25) is 0 Å².